The first-order valence-electron chi connectivity index (χ1n) is 13.7. The summed E-state index contributed by atoms with van der Waals surface area (Å²) >= 11 is 1.61. The molecule has 2 fully saturated rings. The molecule has 3 aliphatic rings. The van der Waals surface area contributed by atoms with Crippen LogP contribution in [-0.2, 0) is 39.8 Å². The topological polar surface area (TPSA) is 96.0 Å². The second kappa shape index (κ2) is 11.0. The molecule has 0 amide bonds. The largest absolute Gasteiger partial charge is 0.462 e. The predicted molar refractivity (Wildman–Crippen MR) is 148 cm³/mol. The number of Topliss-reactive ketones (excluding diaryl/α,β-unsaturated/α-hetero) is 1. The molecule has 2 saturated carbocycles. The summed E-state index contributed by atoms with van der Waals surface area (Å²) in [6, 6.07) is 3.96. The van der Waals surface area contributed by atoms with Crippen LogP contribution in [0.2, 0.25) is 0 Å². The van der Waals surface area contributed by atoms with E-state index in [-0.39, 0.29) is 36.4 Å². The van der Waals surface area contributed by atoms with Gasteiger partial charge in [-0.1, -0.05) is 33.4 Å². The smallest absolute Gasteiger partial charge is 0.306 e. The second-order valence-electron chi connectivity index (χ2n) is 12.2. The molecule has 1 aromatic heterocycles. The summed E-state index contributed by atoms with van der Waals surface area (Å²) in [5, 5.41) is 1.98. The number of thiophene rings is 1. The molecule has 0 unspecified atom stereocenters. The first-order chi connectivity index (χ1) is 18.2. The lowest BCUT2D eigenvalue weighted by atomic mass is 9.50. The van der Waals surface area contributed by atoms with Crippen LogP contribution in [0.15, 0.2) is 40.8 Å². The van der Waals surface area contributed by atoms with Gasteiger partial charge in [0.2, 0.25) is 0 Å². The van der Waals surface area contributed by atoms with E-state index in [2.05, 4.69) is 13.5 Å². The summed E-state index contributed by atoms with van der Waals surface area (Å²) in [6.45, 7) is 15.2. The Morgan fingerprint density at radius 1 is 1.08 bits per heavy atom. The quantitative estimate of drug-likeness (QED) is 0.250. The zero-order valence-electron chi connectivity index (χ0n) is 23.8. The van der Waals surface area contributed by atoms with Gasteiger partial charge in [0.15, 0.2) is 5.78 Å². The van der Waals surface area contributed by atoms with Crippen LogP contribution in [0.5, 0.6) is 0 Å². The van der Waals surface area contributed by atoms with Gasteiger partial charge in [0, 0.05) is 37.0 Å². The van der Waals surface area contributed by atoms with Crippen molar-refractivity contribution < 1.29 is 33.4 Å². The standard InChI is InChI=1S/C31H40O7S/c1-17-23(34)15-22-29(37-20(4)33)28-18(2)24(38-26(35)11-10-21-9-8-14-39-21)12-13-31(28,7)16-25(36-19(3)32)27(17)30(22,5)6/h8-9,14,22,24-25,28-29H,2,10-13,15-16H2,1,3-7H3/t22-,24-,25-,28-,29+,31-/m0/s1. The number of ketones is 1. The van der Waals surface area contributed by atoms with Gasteiger partial charge in [-0.15, -0.1) is 11.3 Å². The lowest BCUT2D eigenvalue weighted by Gasteiger charge is -2.57. The van der Waals surface area contributed by atoms with Crippen LogP contribution in [-0.4, -0.2) is 42.0 Å². The molecule has 0 radical (unpaired) electrons. The van der Waals surface area contributed by atoms with E-state index < -0.39 is 41.1 Å². The Hall–Kier alpha value is -2.74. The SMILES string of the molecule is C=C1[C@@H](OC(=O)CCc2cccs2)CC[C@@]2(C)C[C@H](OC(C)=O)C3=C(C)C(=O)C[C@@H]([C@@H](OC(C)=O)[C@H]12)C3(C)C. The maximum atomic E-state index is 13.3. The number of carbonyl (C=O) groups excluding carboxylic acids is 4. The molecule has 4 rings (SSSR count). The Morgan fingerprint density at radius 3 is 2.38 bits per heavy atom. The Balaban J connectivity index is 1.72. The van der Waals surface area contributed by atoms with Crippen LogP contribution in [0, 0.1) is 22.7 Å². The van der Waals surface area contributed by atoms with Gasteiger partial charge in [0.05, 0.1) is 6.42 Å². The van der Waals surface area contributed by atoms with Crippen LogP contribution in [0.1, 0.15) is 78.5 Å². The number of esters is 3. The summed E-state index contributed by atoms with van der Waals surface area (Å²) in [6.07, 6.45) is 1.00. The van der Waals surface area contributed by atoms with Crippen molar-refractivity contribution in [2.75, 3.05) is 0 Å². The zero-order valence-corrected chi connectivity index (χ0v) is 24.7. The summed E-state index contributed by atoms with van der Waals surface area (Å²) < 4.78 is 18.0. The number of rotatable bonds is 6. The van der Waals surface area contributed by atoms with Crippen LogP contribution >= 0.6 is 11.3 Å². The van der Waals surface area contributed by atoms with Gasteiger partial charge in [0.1, 0.15) is 18.3 Å². The molecule has 1 heterocycles. The van der Waals surface area contributed by atoms with Gasteiger partial charge in [-0.3, -0.25) is 19.2 Å². The lowest BCUT2D eigenvalue weighted by molar-refractivity contribution is -0.172. The number of hydrogen-bond donors (Lipinski definition) is 0. The molecule has 1 aromatic rings. The molecule has 7 nitrogen and oxygen atoms in total. The summed E-state index contributed by atoms with van der Waals surface area (Å²) in [5.74, 6) is -1.92. The average Bonchev–Trinajstić information content (AvgIpc) is 3.34. The Labute approximate surface area is 235 Å². The van der Waals surface area contributed by atoms with Crippen LogP contribution in [0.3, 0.4) is 0 Å². The third kappa shape index (κ3) is 5.76. The highest BCUT2D eigenvalue weighted by atomic mass is 32.1. The molecule has 0 saturated heterocycles. The van der Waals surface area contributed by atoms with Crippen molar-refractivity contribution >= 4 is 35.0 Å². The fraction of sp³-hybridized carbons (Fsp3) is 0.613. The molecule has 8 heteroatoms. The van der Waals surface area contributed by atoms with Crippen molar-refractivity contribution in [2.45, 2.75) is 98.4 Å². The maximum absolute atomic E-state index is 13.3. The first-order valence-corrected chi connectivity index (χ1v) is 14.6. The number of carbonyl (C=O) groups is 4. The van der Waals surface area contributed by atoms with Crippen molar-refractivity contribution in [3.8, 4) is 0 Å². The second-order valence-corrected chi connectivity index (χ2v) is 13.2. The Bertz CT molecular complexity index is 1190. The summed E-state index contributed by atoms with van der Waals surface area (Å²) in [5.41, 5.74) is 1.06. The van der Waals surface area contributed by atoms with Crippen LogP contribution < -0.4 is 0 Å². The van der Waals surface area contributed by atoms with Gasteiger partial charge in [-0.2, -0.15) is 0 Å². The number of aryl methyl sites for hydroxylation is 1. The van der Waals surface area contributed by atoms with Crippen molar-refractivity contribution in [2.24, 2.45) is 22.7 Å². The minimum absolute atomic E-state index is 0.0368. The Morgan fingerprint density at radius 2 is 1.77 bits per heavy atom. The molecule has 0 aromatic carbocycles. The van der Waals surface area contributed by atoms with E-state index in [1.807, 2.05) is 31.4 Å². The molecule has 212 valence electrons. The molecule has 3 aliphatic carbocycles. The molecule has 0 N–H and O–H groups in total. The van der Waals surface area contributed by atoms with Crippen LogP contribution in [0.25, 0.3) is 0 Å². The minimum Gasteiger partial charge on any atom is -0.462 e. The molecule has 0 spiro atoms. The lowest BCUT2D eigenvalue weighted by Crippen LogP contribution is -2.58. The highest BCUT2D eigenvalue weighted by Gasteiger charge is 2.59. The van der Waals surface area contributed by atoms with Gasteiger partial charge in [-0.25, -0.2) is 0 Å². The highest BCUT2D eigenvalue weighted by molar-refractivity contribution is 7.09. The summed E-state index contributed by atoms with van der Waals surface area (Å²) in [4.78, 5) is 52.0. The van der Waals surface area contributed by atoms with Crippen LogP contribution in [0.4, 0.5) is 0 Å². The predicted octanol–water partition coefficient (Wildman–Crippen LogP) is 5.76. The first kappa shape index (κ1) is 29.2. The third-order valence-electron chi connectivity index (χ3n) is 9.13. The van der Waals surface area contributed by atoms with Crippen molar-refractivity contribution in [3.05, 3.63) is 45.7 Å². The summed E-state index contributed by atoms with van der Waals surface area (Å²) in [7, 11) is 0. The van der Waals surface area contributed by atoms with E-state index >= 15 is 0 Å². The van der Waals surface area contributed by atoms with Crippen molar-refractivity contribution in [1.82, 2.24) is 0 Å². The van der Waals surface area contributed by atoms with Gasteiger partial charge < -0.3 is 14.2 Å². The number of hydrogen-bond acceptors (Lipinski definition) is 8. The van der Waals surface area contributed by atoms with E-state index in [1.165, 1.54) is 13.8 Å². The monoisotopic (exact) mass is 556 g/mol. The van der Waals surface area contributed by atoms with E-state index in [9.17, 15) is 19.2 Å². The van der Waals surface area contributed by atoms with Gasteiger partial charge >= 0.3 is 17.9 Å². The molecule has 6 atom stereocenters. The normalized spacial score (nSPS) is 32.0. The van der Waals surface area contributed by atoms with Crippen molar-refractivity contribution in [3.63, 3.8) is 0 Å². The molecule has 0 aliphatic heterocycles. The Kier molecular flexibility index (Phi) is 8.27. The molecular formula is C31H40O7S. The van der Waals surface area contributed by atoms with E-state index in [0.717, 1.165) is 10.5 Å². The van der Waals surface area contributed by atoms with Gasteiger partial charge in [0.25, 0.3) is 0 Å². The third-order valence-corrected chi connectivity index (χ3v) is 10.1. The minimum atomic E-state index is -0.645. The maximum Gasteiger partial charge on any atom is 0.306 e. The average molecular weight is 557 g/mol. The van der Waals surface area contributed by atoms with E-state index in [1.54, 1.807) is 18.3 Å². The molecule has 2 bridgehead atoms. The molecule has 39 heavy (non-hydrogen) atoms. The zero-order chi connectivity index (χ0) is 28.7. The number of fused-ring (bicyclic) bond motifs is 3. The highest BCUT2D eigenvalue weighted by Crippen LogP contribution is 2.59. The van der Waals surface area contributed by atoms with Gasteiger partial charge in [-0.05, 0) is 71.6 Å². The van der Waals surface area contributed by atoms with E-state index in [0.29, 0.717) is 36.8 Å². The number of ether oxygens (including phenoxy) is 3. The number of allylic oxidation sites excluding steroid dienone is 1. The van der Waals surface area contributed by atoms with Crippen molar-refractivity contribution in [1.29, 1.82) is 0 Å². The fourth-order valence-electron chi connectivity index (χ4n) is 7.34. The van der Waals surface area contributed by atoms with E-state index in [4.69, 9.17) is 14.2 Å². The fourth-order valence-corrected chi connectivity index (χ4v) is 8.05. The molecular weight excluding hydrogens is 516 g/mol.